The van der Waals surface area contributed by atoms with E-state index in [9.17, 15) is 4.79 Å². The van der Waals surface area contributed by atoms with Crippen LogP contribution >= 0.6 is 11.3 Å². The molecule has 1 aromatic rings. The molecule has 0 spiro atoms. The van der Waals surface area contributed by atoms with Crippen LogP contribution in [0.2, 0.25) is 0 Å². The largest absolute Gasteiger partial charge is 0.381 e. The average molecular weight is 286 g/mol. The molecule has 0 aromatic carbocycles. The van der Waals surface area contributed by atoms with Crippen molar-refractivity contribution in [2.45, 2.75) is 27.2 Å². The minimum Gasteiger partial charge on any atom is -0.381 e. The standard InChI is InChI=1S/C12H22N4O2S/c1-4-13-12-16-15-11(19-12)10(17)14-6-5-7-18-8-9(2)3/h9H,4-8H2,1-3H3,(H,13,16)(H,14,17). The normalized spacial score (nSPS) is 10.7. The summed E-state index contributed by atoms with van der Waals surface area (Å²) in [5.74, 6) is 0.367. The number of rotatable bonds is 9. The third-order valence-electron chi connectivity index (χ3n) is 2.15. The average Bonchev–Trinajstić information content (AvgIpc) is 2.82. The van der Waals surface area contributed by atoms with E-state index >= 15 is 0 Å². The van der Waals surface area contributed by atoms with Gasteiger partial charge < -0.3 is 15.4 Å². The molecule has 0 saturated carbocycles. The summed E-state index contributed by atoms with van der Waals surface area (Å²) in [5.41, 5.74) is 0. The van der Waals surface area contributed by atoms with Crippen LogP contribution in [0.15, 0.2) is 0 Å². The van der Waals surface area contributed by atoms with Crippen molar-refractivity contribution in [2.75, 3.05) is 31.6 Å². The van der Waals surface area contributed by atoms with Gasteiger partial charge in [0.05, 0.1) is 0 Å². The minimum absolute atomic E-state index is 0.175. The molecule has 0 bridgehead atoms. The van der Waals surface area contributed by atoms with Crippen LogP contribution in [0.1, 0.15) is 37.0 Å². The van der Waals surface area contributed by atoms with Gasteiger partial charge in [0.1, 0.15) is 0 Å². The molecule has 19 heavy (non-hydrogen) atoms. The number of nitrogens with one attached hydrogen (secondary N) is 2. The van der Waals surface area contributed by atoms with E-state index in [1.807, 2.05) is 6.92 Å². The number of hydrogen-bond acceptors (Lipinski definition) is 6. The van der Waals surface area contributed by atoms with E-state index in [2.05, 4.69) is 34.7 Å². The number of anilines is 1. The van der Waals surface area contributed by atoms with Gasteiger partial charge in [-0.3, -0.25) is 4.79 Å². The Bertz CT molecular complexity index is 382. The van der Waals surface area contributed by atoms with E-state index in [1.54, 1.807) is 0 Å². The maximum Gasteiger partial charge on any atom is 0.282 e. The van der Waals surface area contributed by atoms with Crippen molar-refractivity contribution in [3.63, 3.8) is 0 Å². The number of carbonyl (C=O) groups is 1. The Hall–Kier alpha value is -1.21. The second-order valence-electron chi connectivity index (χ2n) is 4.52. The first kappa shape index (κ1) is 15.8. The van der Waals surface area contributed by atoms with Gasteiger partial charge in [0, 0.05) is 26.3 Å². The Morgan fingerprint density at radius 1 is 1.42 bits per heavy atom. The van der Waals surface area contributed by atoms with Gasteiger partial charge in [-0.15, -0.1) is 10.2 Å². The van der Waals surface area contributed by atoms with Crippen LogP contribution in [0.4, 0.5) is 5.13 Å². The molecule has 108 valence electrons. The number of ether oxygens (including phenoxy) is 1. The van der Waals surface area contributed by atoms with Gasteiger partial charge in [-0.2, -0.15) is 0 Å². The van der Waals surface area contributed by atoms with Gasteiger partial charge in [0.25, 0.3) is 5.91 Å². The van der Waals surface area contributed by atoms with Crippen LogP contribution in [-0.4, -0.2) is 42.4 Å². The monoisotopic (exact) mass is 286 g/mol. The highest BCUT2D eigenvalue weighted by Crippen LogP contribution is 2.14. The summed E-state index contributed by atoms with van der Waals surface area (Å²) in [5, 5.41) is 14.6. The predicted octanol–water partition coefficient (Wildman–Crippen LogP) is 1.76. The highest BCUT2D eigenvalue weighted by atomic mass is 32.1. The zero-order chi connectivity index (χ0) is 14.1. The third-order valence-corrected chi connectivity index (χ3v) is 3.03. The number of hydrogen-bond donors (Lipinski definition) is 2. The molecule has 1 heterocycles. The van der Waals surface area contributed by atoms with Crippen LogP contribution in [0.25, 0.3) is 0 Å². The van der Waals surface area contributed by atoms with E-state index in [0.29, 0.717) is 29.2 Å². The fourth-order valence-electron chi connectivity index (χ4n) is 1.31. The first-order chi connectivity index (χ1) is 9.13. The summed E-state index contributed by atoms with van der Waals surface area (Å²) in [6, 6.07) is 0. The lowest BCUT2D eigenvalue weighted by Crippen LogP contribution is -2.25. The number of amides is 1. The SMILES string of the molecule is CCNc1nnc(C(=O)NCCCOCC(C)C)s1. The first-order valence-corrected chi connectivity index (χ1v) is 7.38. The van der Waals surface area contributed by atoms with Crippen LogP contribution in [0, 0.1) is 5.92 Å². The quantitative estimate of drug-likeness (QED) is 0.677. The Balaban J connectivity index is 2.16. The van der Waals surface area contributed by atoms with Crippen molar-refractivity contribution in [3.8, 4) is 0 Å². The summed E-state index contributed by atoms with van der Waals surface area (Å²) < 4.78 is 5.43. The molecular formula is C12H22N4O2S. The van der Waals surface area contributed by atoms with Crippen LogP contribution in [-0.2, 0) is 4.74 Å². The third kappa shape index (κ3) is 6.49. The van der Waals surface area contributed by atoms with Gasteiger partial charge >= 0.3 is 0 Å². The topological polar surface area (TPSA) is 76.1 Å². The molecule has 0 unspecified atom stereocenters. The minimum atomic E-state index is -0.175. The zero-order valence-corrected chi connectivity index (χ0v) is 12.5. The molecule has 2 N–H and O–H groups in total. The Labute approximate surface area is 118 Å². The molecule has 0 aliphatic heterocycles. The molecule has 1 amide bonds. The summed E-state index contributed by atoms with van der Waals surface area (Å²) >= 11 is 1.26. The molecule has 6 nitrogen and oxygen atoms in total. The van der Waals surface area contributed by atoms with Crippen molar-refractivity contribution in [1.82, 2.24) is 15.5 Å². The van der Waals surface area contributed by atoms with Gasteiger partial charge in [-0.1, -0.05) is 25.2 Å². The zero-order valence-electron chi connectivity index (χ0n) is 11.7. The second-order valence-corrected chi connectivity index (χ2v) is 5.50. The van der Waals surface area contributed by atoms with Crippen molar-refractivity contribution >= 4 is 22.4 Å². The maximum atomic E-state index is 11.7. The summed E-state index contributed by atoms with van der Waals surface area (Å²) in [7, 11) is 0. The van der Waals surface area contributed by atoms with E-state index in [0.717, 1.165) is 19.6 Å². The Morgan fingerprint density at radius 3 is 2.89 bits per heavy atom. The molecule has 0 saturated heterocycles. The molecule has 0 atom stereocenters. The van der Waals surface area contributed by atoms with Gasteiger partial charge in [0.2, 0.25) is 10.1 Å². The summed E-state index contributed by atoms with van der Waals surface area (Å²) in [6.07, 6.45) is 0.803. The highest BCUT2D eigenvalue weighted by Gasteiger charge is 2.11. The van der Waals surface area contributed by atoms with Crippen LogP contribution in [0.5, 0.6) is 0 Å². The van der Waals surface area contributed by atoms with E-state index in [1.165, 1.54) is 11.3 Å². The lowest BCUT2D eigenvalue weighted by atomic mass is 10.2. The summed E-state index contributed by atoms with van der Waals surface area (Å²) in [6.45, 7) is 8.97. The highest BCUT2D eigenvalue weighted by molar-refractivity contribution is 7.17. The van der Waals surface area contributed by atoms with Gasteiger partial charge in [-0.05, 0) is 19.3 Å². The van der Waals surface area contributed by atoms with Crippen molar-refractivity contribution in [1.29, 1.82) is 0 Å². The molecule has 0 aliphatic carbocycles. The first-order valence-electron chi connectivity index (χ1n) is 6.56. The number of aromatic nitrogens is 2. The van der Waals surface area contributed by atoms with Crippen molar-refractivity contribution in [3.05, 3.63) is 5.01 Å². The lowest BCUT2D eigenvalue weighted by Gasteiger charge is -2.06. The predicted molar refractivity (Wildman–Crippen MR) is 76.7 cm³/mol. The molecule has 0 radical (unpaired) electrons. The second kappa shape index (κ2) is 8.82. The van der Waals surface area contributed by atoms with Crippen molar-refractivity contribution in [2.24, 2.45) is 5.92 Å². The molecule has 1 rings (SSSR count). The van der Waals surface area contributed by atoms with Gasteiger partial charge in [-0.25, -0.2) is 0 Å². The molecule has 0 fully saturated rings. The molecule has 7 heteroatoms. The van der Waals surface area contributed by atoms with Crippen LogP contribution in [0.3, 0.4) is 0 Å². The summed E-state index contributed by atoms with van der Waals surface area (Å²) in [4.78, 5) is 11.7. The van der Waals surface area contributed by atoms with E-state index < -0.39 is 0 Å². The van der Waals surface area contributed by atoms with E-state index in [-0.39, 0.29) is 5.91 Å². The van der Waals surface area contributed by atoms with E-state index in [4.69, 9.17) is 4.74 Å². The molecule has 1 aromatic heterocycles. The lowest BCUT2D eigenvalue weighted by molar-refractivity contribution is 0.0924. The molecular weight excluding hydrogens is 264 g/mol. The van der Waals surface area contributed by atoms with Crippen molar-refractivity contribution < 1.29 is 9.53 Å². The Morgan fingerprint density at radius 2 is 2.21 bits per heavy atom. The van der Waals surface area contributed by atoms with Gasteiger partial charge in [0.15, 0.2) is 0 Å². The smallest absolute Gasteiger partial charge is 0.282 e. The fraction of sp³-hybridized carbons (Fsp3) is 0.750. The number of nitrogens with zero attached hydrogens (tertiary/aromatic N) is 2. The fourth-order valence-corrected chi connectivity index (χ4v) is 2.04. The van der Waals surface area contributed by atoms with Crippen LogP contribution < -0.4 is 10.6 Å². The number of carbonyl (C=O) groups excluding carboxylic acids is 1. The maximum absolute atomic E-state index is 11.7. The molecule has 0 aliphatic rings. The Kier molecular flexibility index (Phi) is 7.35.